The molecular weight excluding hydrogens is 374 g/mol. The molecule has 0 saturated heterocycles. The summed E-state index contributed by atoms with van der Waals surface area (Å²) in [6.07, 6.45) is 4.05. The Morgan fingerprint density at radius 1 is 1.03 bits per heavy atom. The van der Waals surface area contributed by atoms with Gasteiger partial charge >= 0.3 is 0 Å². The van der Waals surface area contributed by atoms with Gasteiger partial charge in [-0.1, -0.05) is 6.92 Å². The molecule has 5 nitrogen and oxygen atoms in total. The molecular formula is C22H20F2N4O. The maximum absolute atomic E-state index is 13.7. The first kappa shape index (κ1) is 18.0. The Hall–Kier alpha value is -3.09. The van der Waals surface area contributed by atoms with Crippen molar-refractivity contribution in [3.8, 4) is 0 Å². The van der Waals surface area contributed by atoms with Crippen LogP contribution in [-0.2, 0) is 4.79 Å². The van der Waals surface area contributed by atoms with Gasteiger partial charge in [0.15, 0.2) is 0 Å². The number of carbonyl (C=O) groups is 1. The van der Waals surface area contributed by atoms with Gasteiger partial charge < -0.3 is 10.6 Å². The Kier molecular flexibility index (Phi) is 3.84. The number of benzene rings is 2. The number of carbonyl (C=O) groups excluding carboxylic acids is 1. The van der Waals surface area contributed by atoms with E-state index in [-0.39, 0.29) is 34.4 Å². The standard InChI is InChI=1S/C22H20F2N4O/c1-13(20(29)27-16-5-2-14(23)3-6-16)21-9-22(10-21,11-21)28-19-17-8-15(24)4-7-18(17)25-12-26-19/h2-8,12-13H,9-11H2,1H3,(H,27,29)(H,25,26,28)/t13-,21?,22?/m1/s1. The molecule has 6 rings (SSSR count). The fourth-order valence-electron chi connectivity index (χ4n) is 4.90. The number of hydrogen-bond donors (Lipinski definition) is 2. The summed E-state index contributed by atoms with van der Waals surface area (Å²) in [6.45, 7) is 1.94. The predicted molar refractivity (Wildman–Crippen MR) is 106 cm³/mol. The van der Waals surface area contributed by atoms with Crippen molar-refractivity contribution in [2.75, 3.05) is 10.6 Å². The molecule has 3 aliphatic carbocycles. The van der Waals surface area contributed by atoms with E-state index in [1.54, 1.807) is 18.2 Å². The van der Waals surface area contributed by atoms with Gasteiger partial charge in [-0.3, -0.25) is 4.79 Å². The Morgan fingerprint density at radius 3 is 2.45 bits per heavy atom. The lowest BCUT2D eigenvalue weighted by molar-refractivity contribution is -0.166. The largest absolute Gasteiger partial charge is 0.364 e. The van der Waals surface area contributed by atoms with Crippen LogP contribution in [0.4, 0.5) is 20.3 Å². The van der Waals surface area contributed by atoms with E-state index in [0.717, 1.165) is 19.3 Å². The SMILES string of the molecule is C[C@H](C(=O)Nc1ccc(F)cc1)C12CC(Nc3ncnc4ccc(F)cc34)(C1)C2. The summed E-state index contributed by atoms with van der Waals surface area (Å²) >= 11 is 0. The zero-order valence-electron chi connectivity index (χ0n) is 15.9. The van der Waals surface area contributed by atoms with Crippen molar-refractivity contribution in [2.24, 2.45) is 11.3 Å². The summed E-state index contributed by atoms with van der Waals surface area (Å²) in [4.78, 5) is 21.1. The van der Waals surface area contributed by atoms with Crippen molar-refractivity contribution in [3.63, 3.8) is 0 Å². The van der Waals surface area contributed by atoms with Crippen molar-refractivity contribution >= 4 is 28.3 Å². The van der Waals surface area contributed by atoms with Crippen LogP contribution in [0.2, 0.25) is 0 Å². The summed E-state index contributed by atoms with van der Waals surface area (Å²) < 4.78 is 26.7. The second-order valence-electron chi connectivity index (χ2n) is 8.40. The fraction of sp³-hybridized carbons (Fsp3) is 0.318. The third-order valence-corrected chi connectivity index (χ3v) is 6.48. The quantitative estimate of drug-likeness (QED) is 0.668. The molecule has 2 N–H and O–H groups in total. The minimum Gasteiger partial charge on any atom is -0.364 e. The van der Waals surface area contributed by atoms with Crippen molar-refractivity contribution in [1.29, 1.82) is 0 Å². The number of nitrogens with one attached hydrogen (secondary N) is 2. The first-order valence-corrected chi connectivity index (χ1v) is 9.63. The number of rotatable bonds is 5. The van der Waals surface area contributed by atoms with Crippen molar-refractivity contribution in [1.82, 2.24) is 9.97 Å². The van der Waals surface area contributed by atoms with E-state index in [2.05, 4.69) is 20.6 Å². The molecule has 29 heavy (non-hydrogen) atoms. The smallest absolute Gasteiger partial charge is 0.227 e. The number of fused-ring (bicyclic) bond motifs is 1. The van der Waals surface area contributed by atoms with Gasteiger partial charge in [-0.15, -0.1) is 0 Å². The lowest BCUT2D eigenvalue weighted by Gasteiger charge is -2.72. The summed E-state index contributed by atoms with van der Waals surface area (Å²) in [5.41, 5.74) is 1.15. The average molecular weight is 394 g/mol. The van der Waals surface area contributed by atoms with Gasteiger partial charge in [-0.05, 0) is 67.1 Å². The summed E-state index contributed by atoms with van der Waals surface area (Å²) in [7, 11) is 0. The second-order valence-corrected chi connectivity index (χ2v) is 8.40. The lowest BCUT2D eigenvalue weighted by atomic mass is 9.36. The van der Waals surface area contributed by atoms with Crippen LogP contribution in [0.5, 0.6) is 0 Å². The average Bonchev–Trinajstić information content (AvgIpc) is 2.65. The normalized spacial score (nSPS) is 25.6. The number of halogens is 2. The van der Waals surface area contributed by atoms with Crippen LogP contribution in [0.1, 0.15) is 26.2 Å². The van der Waals surface area contributed by atoms with Gasteiger partial charge in [0, 0.05) is 22.5 Å². The van der Waals surface area contributed by atoms with Crippen LogP contribution in [-0.4, -0.2) is 21.4 Å². The lowest BCUT2D eigenvalue weighted by Crippen LogP contribution is -2.74. The Bertz CT molecular complexity index is 1100. The van der Waals surface area contributed by atoms with E-state index in [0.29, 0.717) is 22.4 Å². The molecule has 0 radical (unpaired) electrons. The van der Waals surface area contributed by atoms with E-state index in [9.17, 15) is 13.6 Å². The summed E-state index contributed by atoms with van der Waals surface area (Å²) in [5.74, 6) is -0.238. The molecule has 148 valence electrons. The zero-order valence-corrected chi connectivity index (χ0v) is 15.9. The molecule has 3 saturated carbocycles. The van der Waals surface area contributed by atoms with E-state index >= 15 is 0 Å². The number of nitrogens with zero attached hydrogens (tertiary/aromatic N) is 2. The third-order valence-electron chi connectivity index (χ3n) is 6.48. The van der Waals surface area contributed by atoms with Crippen LogP contribution in [0.3, 0.4) is 0 Å². The fourth-order valence-corrected chi connectivity index (χ4v) is 4.90. The van der Waals surface area contributed by atoms with Gasteiger partial charge in [0.1, 0.15) is 23.8 Å². The number of amides is 1. The van der Waals surface area contributed by atoms with Gasteiger partial charge in [-0.2, -0.15) is 0 Å². The molecule has 0 aliphatic heterocycles. The molecule has 0 unspecified atom stereocenters. The molecule has 7 heteroatoms. The van der Waals surface area contributed by atoms with Crippen LogP contribution in [0, 0.1) is 23.0 Å². The second kappa shape index (κ2) is 6.20. The monoisotopic (exact) mass is 394 g/mol. The molecule has 3 aliphatic rings. The first-order chi connectivity index (χ1) is 13.9. The third kappa shape index (κ3) is 2.92. The zero-order chi connectivity index (χ0) is 20.2. The van der Waals surface area contributed by atoms with Crippen LogP contribution in [0.15, 0.2) is 48.8 Å². The molecule has 1 atom stereocenters. The highest BCUT2D eigenvalue weighted by Gasteiger charge is 2.70. The first-order valence-electron chi connectivity index (χ1n) is 9.63. The molecule has 1 amide bonds. The predicted octanol–water partition coefficient (Wildman–Crippen LogP) is 4.52. The van der Waals surface area contributed by atoms with E-state index in [1.165, 1.54) is 30.6 Å². The topological polar surface area (TPSA) is 66.9 Å². The van der Waals surface area contributed by atoms with E-state index < -0.39 is 0 Å². The van der Waals surface area contributed by atoms with Gasteiger partial charge in [0.2, 0.25) is 5.91 Å². The van der Waals surface area contributed by atoms with Crippen LogP contribution >= 0.6 is 0 Å². The molecule has 2 bridgehead atoms. The molecule has 3 fully saturated rings. The minimum atomic E-state index is -0.333. The number of anilines is 2. The van der Waals surface area contributed by atoms with E-state index in [4.69, 9.17) is 0 Å². The van der Waals surface area contributed by atoms with Crippen molar-refractivity contribution < 1.29 is 13.6 Å². The Balaban J connectivity index is 1.26. The van der Waals surface area contributed by atoms with Crippen LogP contribution in [0.25, 0.3) is 10.9 Å². The van der Waals surface area contributed by atoms with Crippen molar-refractivity contribution in [3.05, 3.63) is 60.4 Å². The number of hydrogen-bond acceptors (Lipinski definition) is 4. The minimum absolute atomic E-state index is 0.0365. The van der Waals surface area contributed by atoms with Gasteiger partial charge in [0.25, 0.3) is 0 Å². The summed E-state index contributed by atoms with van der Waals surface area (Å²) in [6, 6.07) is 10.2. The highest BCUT2D eigenvalue weighted by atomic mass is 19.1. The molecule has 0 spiro atoms. The molecule has 1 aromatic heterocycles. The highest BCUT2D eigenvalue weighted by molar-refractivity contribution is 5.93. The van der Waals surface area contributed by atoms with Gasteiger partial charge in [0.05, 0.1) is 5.52 Å². The maximum atomic E-state index is 13.7. The van der Waals surface area contributed by atoms with Gasteiger partial charge in [-0.25, -0.2) is 18.7 Å². The molecule has 2 aromatic carbocycles. The molecule has 3 aromatic rings. The Morgan fingerprint density at radius 2 is 1.72 bits per heavy atom. The summed E-state index contributed by atoms with van der Waals surface area (Å²) in [5, 5.41) is 7.01. The Labute approximate surface area is 166 Å². The van der Waals surface area contributed by atoms with Crippen LogP contribution < -0.4 is 10.6 Å². The molecule has 1 heterocycles. The highest BCUT2D eigenvalue weighted by Crippen LogP contribution is 2.71. The van der Waals surface area contributed by atoms with Crippen molar-refractivity contribution in [2.45, 2.75) is 31.7 Å². The maximum Gasteiger partial charge on any atom is 0.227 e. The number of aromatic nitrogens is 2. The van der Waals surface area contributed by atoms with E-state index in [1.807, 2.05) is 6.92 Å².